The van der Waals surface area contributed by atoms with E-state index in [1.807, 2.05) is 24.3 Å². The van der Waals surface area contributed by atoms with Crippen molar-refractivity contribution in [3.8, 4) is 17.2 Å². The minimum atomic E-state index is -4.04. The standard InChI is InChI=1S/C20H18O10.C17H17NOS/c1-29-13-7-3-11(4-8-13)15(21)19(27,17(23)24)20(28,18(25)26)16(22)12-5-9-14(30-2)10-6-12;18-17(11-10-14-7-4-12-20-14)19-16-9-3-6-13-5-1-2-8-15(13)16/h3-10,27-28H,1-2H3,(H,23,24)(H,25,26);1-9,12,17H,10-11,18H2. The maximum atomic E-state index is 12.8. The number of hydrogen-bond acceptors (Lipinski definition) is 11. The Morgan fingerprint density at radius 3 is 1.66 bits per heavy atom. The highest BCUT2D eigenvalue weighted by atomic mass is 32.1. The number of aliphatic hydroxyl groups is 2. The molecule has 3 atom stereocenters. The second-order valence-corrected chi connectivity index (χ2v) is 11.9. The van der Waals surface area contributed by atoms with E-state index in [9.17, 15) is 39.6 Å². The zero-order chi connectivity index (χ0) is 36.5. The minimum Gasteiger partial charge on any atom is -0.497 e. The summed E-state index contributed by atoms with van der Waals surface area (Å²) in [5.41, 5.74) is -2.92. The summed E-state index contributed by atoms with van der Waals surface area (Å²) in [4.78, 5) is 50.7. The van der Waals surface area contributed by atoms with Crippen molar-refractivity contribution in [3.63, 3.8) is 0 Å². The molecule has 12 nitrogen and oxygen atoms in total. The van der Waals surface area contributed by atoms with E-state index in [4.69, 9.17) is 19.9 Å². The van der Waals surface area contributed by atoms with Crippen LogP contribution in [0.5, 0.6) is 17.2 Å². The van der Waals surface area contributed by atoms with Crippen LogP contribution in [0, 0.1) is 0 Å². The normalized spacial score (nSPS) is 13.8. The Bertz CT molecular complexity index is 1860. The van der Waals surface area contributed by atoms with Gasteiger partial charge in [-0.25, -0.2) is 9.59 Å². The largest absolute Gasteiger partial charge is 0.497 e. The summed E-state index contributed by atoms with van der Waals surface area (Å²) >= 11 is 1.76. The molecule has 3 unspecified atom stereocenters. The van der Waals surface area contributed by atoms with Crippen molar-refractivity contribution in [2.75, 3.05) is 14.2 Å². The number of thiophene rings is 1. The molecular weight excluding hydrogens is 666 g/mol. The zero-order valence-electron chi connectivity index (χ0n) is 27.0. The van der Waals surface area contributed by atoms with Crippen LogP contribution in [0.15, 0.2) is 109 Å². The molecule has 13 heteroatoms. The summed E-state index contributed by atoms with van der Waals surface area (Å²) in [6, 6.07) is 27.7. The quantitative estimate of drug-likeness (QED) is 0.0613. The third-order valence-electron chi connectivity index (χ3n) is 7.79. The molecule has 1 aromatic heterocycles. The summed E-state index contributed by atoms with van der Waals surface area (Å²) in [7, 11) is 2.67. The predicted molar refractivity (Wildman–Crippen MR) is 185 cm³/mol. The number of rotatable bonds is 14. The van der Waals surface area contributed by atoms with Crippen LogP contribution in [-0.2, 0) is 16.0 Å². The van der Waals surface area contributed by atoms with Gasteiger partial charge in [-0.15, -0.1) is 11.3 Å². The van der Waals surface area contributed by atoms with Gasteiger partial charge in [-0.2, -0.15) is 0 Å². The molecule has 0 aliphatic heterocycles. The van der Waals surface area contributed by atoms with Crippen LogP contribution in [0.4, 0.5) is 0 Å². The first-order valence-corrected chi connectivity index (χ1v) is 16.0. The van der Waals surface area contributed by atoms with Crippen LogP contribution in [0.1, 0.15) is 32.0 Å². The van der Waals surface area contributed by atoms with Crippen molar-refractivity contribution < 1.29 is 53.8 Å². The van der Waals surface area contributed by atoms with E-state index in [0.717, 1.165) is 48.2 Å². The molecule has 0 fully saturated rings. The first-order chi connectivity index (χ1) is 23.9. The molecule has 0 bridgehead atoms. The van der Waals surface area contributed by atoms with Crippen LogP contribution in [0.25, 0.3) is 10.8 Å². The third-order valence-corrected chi connectivity index (χ3v) is 8.72. The van der Waals surface area contributed by atoms with Crippen molar-refractivity contribution in [3.05, 3.63) is 125 Å². The van der Waals surface area contributed by atoms with E-state index in [1.54, 1.807) is 11.3 Å². The predicted octanol–water partition coefficient (Wildman–Crippen LogP) is 4.60. The van der Waals surface area contributed by atoms with Crippen LogP contribution >= 0.6 is 11.3 Å². The lowest BCUT2D eigenvalue weighted by molar-refractivity contribution is -0.187. The van der Waals surface area contributed by atoms with E-state index in [-0.39, 0.29) is 17.7 Å². The minimum absolute atomic E-state index is 0.275. The van der Waals surface area contributed by atoms with Crippen molar-refractivity contribution in [2.24, 2.45) is 5.73 Å². The molecule has 0 amide bonds. The molecule has 0 saturated heterocycles. The summed E-state index contributed by atoms with van der Waals surface area (Å²) in [5, 5.41) is 44.9. The first-order valence-electron chi connectivity index (χ1n) is 15.1. The van der Waals surface area contributed by atoms with Gasteiger partial charge in [-0.3, -0.25) is 15.3 Å². The SMILES string of the molecule is COc1ccc(C(=O)C(O)(C(=O)O)C(O)(C(=O)O)C(=O)c2ccc(OC)cc2)cc1.NC(CCc1cccs1)Oc1cccc2ccccc12. The molecule has 0 spiro atoms. The van der Waals surface area contributed by atoms with Crippen LogP contribution < -0.4 is 19.9 Å². The van der Waals surface area contributed by atoms with E-state index in [2.05, 4.69) is 35.7 Å². The highest BCUT2D eigenvalue weighted by Gasteiger charge is 2.69. The molecule has 0 aliphatic rings. The third kappa shape index (κ3) is 7.82. The number of carboxylic acid groups (broad SMARTS) is 2. The summed E-state index contributed by atoms with van der Waals surface area (Å²) < 4.78 is 15.7. The van der Waals surface area contributed by atoms with Gasteiger partial charge < -0.3 is 34.6 Å². The number of aliphatic carboxylic acids is 2. The van der Waals surface area contributed by atoms with Crippen LogP contribution in [-0.4, -0.2) is 75.6 Å². The Morgan fingerprint density at radius 1 is 0.700 bits per heavy atom. The highest BCUT2D eigenvalue weighted by Crippen LogP contribution is 2.33. The van der Waals surface area contributed by atoms with Crippen LogP contribution in [0.3, 0.4) is 0 Å². The average molecular weight is 702 g/mol. The Hall–Kier alpha value is -5.60. The number of methoxy groups -OCH3 is 2. The number of carboxylic acids is 2. The molecule has 0 radical (unpaired) electrons. The average Bonchev–Trinajstić information content (AvgIpc) is 3.67. The van der Waals surface area contributed by atoms with Gasteiger partial charge >= 0.3 is 11.9 Å². The molecule has 260 valence electrons. The first kappa shape index (κ1) is 37.2. The van der Waals surface area contributed by atoms with Crippen molar-refractivity contribution in [1.82, 2.24) is 0 Å². The fourth-order valence-corrected chi connectivity index (χ4v) is 5.72. The van der Waals surface area contributed by atoms with E-state index in [0.29, 0.717) is 0 Å². The lowest BCUT2D eigenvalue weighted by Gasteiger charge is -2.34. The number of ether oxygens (including phenoxy) is 3. The molecule has 6 N–H and O–H groups in total. The van der Waals surface area contributed by atoms with Gasteiger partial charge in [-0.05, 0) is 77.9 Å². The number of Topliss-reactive ketones (excluding diaryl/α,β-unsaturated/α-hetero) is 2. The second-order valence-electron chi connectivity index (χ2n) is 10.9. The maximum absolute atomic E-state index is 12.8. The number of benzene rings is 4. The molecule has 5 aromatic rings. The molecule has 1 heterocycles. The van der Waals surface area contributed by atoms with E-state index < -0.39 is 45.8 Å². The second kappa shape index (κ2) is 16.2. The summed E-state index contributed by atoms with van der Waals surface area (Å²) in [6.45, 7) is 0. The number of hydrogen-bond donors (Lipinski definition) is 5. The number of fused-ring (bicyclic) bond motifs is 1. The van der Waals surface area contributed by atoms with Gasteiger partial charge in [0.2, 0.25) is 11.6 Å². The molecule has 0 saturated carbocycles. The fourth-order valence-electron chi connectivity index (χ4n) is 4.99. The lowest BCUT2D eigenvalue weighted by Crippen LogP contribution is -2.71. The van der Waals surface area contributed by atoms with Crippen molar-refractivity contribution in [1.29, 1.82) is 0 Å². The van der Waals surface area contributed by atoms with Crippen LogP contribution in [0.2, 0.25) is 0 Å². The van der Waals surface area contributed by atoms with Gasteiger partial charge in [0.25, 0.3) is 11.2 Å². The molecular formula is C37H35NO11S. The maximum Gasteiger partial charge on any atom is 0.348 e. The van der Waals surface area contributed by atoms with Crippen molar-refractivity contribution >= 4 is 45.6 Å². The molecule has 0 aliphatic carbocycles. The number of nitrogens with two attached hydrogens (primary N) is 1. The van der Waals surface area contributed by atoms with E-state index >= 15 is 0 Å². The molecule has 4 aromatic carbocycles. The highest BCUT2D eigenvalue weighted by molar-refractivity contribution is 7.09. The lowest BCUT2D eigenvalue weighted by atomic mass is 9.73. The van der Waals surface area contributed by atoms with Gasteiger partial charge in [-0.1, -0.05) is 42.5 Å². The number of carbonyl (C=O) groups is 4. The Balaban J connectivity index is 0.000000242. The van der Waals surface area contributed by atoms with Gasteiger partial charge in [0.05, 0.1) is 14.2 Å². The Morgan fingerprint density at radius 2 is 1.20 bits per heavy atom. The Labute approximate surface area is 290 Å². The number of carbonyl (C=O) groups excluding carboxylic acids is 2. The van der Waals surface area contributed by atoms with Gasteiger partial charge in [0.15, 0.2) is 0 Å². The monoisotopic (exact) mass is 701 g/mol. The zero-order valence-corrected chi connectivity index (χ0v) is 27.8. The summed E-state index contributed by atoms with van der Waals surface area (Å²) in [5.74, 6) is -6.82. The van der Waals surface area contributed by atoms with E-state index in [1.165, 1.54) is 48.7 Å². The number of ketones is 2. The smallest absolute Gasteiger partial charge is 0.348 e. The fraction of sp³-hybridized carbons (Fsp3) is 0.189. The Kier molecular flexibility index (Phi) is 12.1. The van der Waals surface area contributed by atoms with Gasteiger partial charge in [0.1, 0.15) is 23.5 Å². The van der Waals surface area contributed by atoms with Crippen molar-refractivity contribution in [2.45, 2.75) is 30.3 Å². The molecule has 50 heavy (non-hydrogen) atoms. The van der Waals surface area contributed by atoms with Gasteiger partial charge in [0, 0.05) is 27.8 Å². The number of aryl methyl sites for hydroxylation is 1. The summed E-state index contributed by atoms with van der Waals surface area (Å²) in [6.07, 6.45) is 1.51. The molecule has 5 rings (SSSR count). The topological polar surface area (TPSA) is 203 Å².